The van der Waals surface area contributed by atoms with Gasteiger partial charge in [-0.2, -0.15) is 0 Å². The van der Waals surface area contributed by atoms with Crippen molar-refractivity contribution in [1.29, 1.82) is 0 Å². The van der Waals surface area contributed by atoms with Gasteiger partial charge in [0.2, 0.25) is 0 Å². The Morgan fingerprint density at radius 1 is 1.21 bits per heavy atom. The molecular formula is C24H28N6O2S. The van der Waals surface area contributed by atoms with E-state index in [4.69, 9.17) is 5.11 Å². The molecule has 0 atom stereocenters. The molecule has 3 aromatic heterocycles. The standard InChI is InChI=1S/C24H28N6O2S/c1-14(2)28-21-11-23(30-16-5-6-19-22(9-16)33-13-27-19)26-12-18(21)20-10-17(15(3)29-20)24(32)25-7-4-8-31/h5-6,9-14,29,31H,4,7-8H2,1-3H3,(H,25,32)(H2,26,28,30). The molecule has 0 aliphatic rings. The first-order valence-electron chi connectivity index (χ1n) is 10.9. The van der Waals surface area contributed by atoms with Crippen LogP contribution >= 0.6 is 11.3 Å². The van der Waals surface area contributed by atoms with Crippen LogP contribution < -0.4 is 16.0 Å². The maximum Gasteiger partial charge on any atom is 0.253 e. The number of hydrogen-bond donors (Lipinski definition) is 5. The normalized spacial score (nSPS) is 11.2. The third-order valence-electron chi connectivity index (χ3n) is 5.12. The van der Waals surface area contributed by atoms with Gasteiger partial charge in [0.05, 0.1) is 27.0 Å². The SMILES string of the molecule is Cc1[nH]c(-c2cnc(Nc3ccc4ncsc4c3)cc2NC(C)C)cc1C(=O)NCCCO. The van der Waals surface area contributed by atoms with Gasteiger partial charge < -0.3 is 26.0 Å². The van der Waals surface area contributed by atoms with E-state index in [1.807, 2.05) is 36.7 Å². The molecule has 4 rings (SSSR count). The predicted octanol–water partition coefficient (Wildman–Crippen LogP) is 4.67. The second-order valence-corrected chi connectivity index (χ2v) is 9.02. The Balaban J connectivity index is 1.61. The number of aliphatic hydroxyl groups is 1. The first-order valence-corrected chi connectivity index (χ1v) is 11.8. The topological polar surface area (TPSA) is 115 Å². The highest BCUT2D eigenvalue weighted by atomic mass is 32.1. The van der Waals surface area contributed by atoms with E-state index in [1.54, 1.807) is 17.5 Å². The number of nitrogens with zero attached hydrogens (tertiary/aromatic N) is 2. The van der Waals surface area contributed by atoms with Crippen LogP contribution in [0.15, 0.2) is 42.0 Å². The quantitative estimate of drug-likeness (QED) is 0.230. The second kappa shape index (κ2) is 10.0. The van der Waals surface area contributed by atoms with Crippen molar-refractivity contribution >= 4 is 44.7 Å². The molecule has 8 nitrogen and oxygen atoms in total. The molecule has 0 saturated heterocycles. The van der Waals surface area contributed by atoms with E-state index in [0.29, 0.717) is 18.5 Å². The van der Waals surface area contributed by atoms with Gasteiger partial charge in [0, 0.05) is 54.1 Å². The van der Waals surface area contributed by atoms with Gasteiger partial charge in [-0.25, -0.2) is 9.97 Å². The lowest BCUT2D eigenvalue weighted by Gasteiger charge is -2.16. The molecule has 1 amide bonds. The Kier molecular flexibility index (Phi) is 6.90. The number of H-pyrrole nitrogens is 1. The van der Waals surface area contributed by atoms with Crippen molar-refractivity contribution in [3.63, 3.8) is 0 Å². The van der Waals surface area contributed by atoms with Crippen LogP contribution in [0.5, 0.6) is 0 Å². The van der Waals surface area contributed by atoms with Crippen LogP contribution in [0.4, 0.5) is 17.2 Å². The Morgan fingerprint density at radius 2 is 2.06 bits per heavy atom. The van der Waals surface area contributed by atoms with Gasteiger partial charge >= 0.3 is 0 Å². The van der Waals surface area contributed by atoms with E-state index >= 15 is 0 Å². The van der Waals surface area contributed by atoms with Crippen LogP contribution in [0, 0.1) is 6.92 Å². The van der Waals surface area contributed by atoms with Crippen LogP contribution in [0.3, 0.4) is 0 Å². The zero-order valence-corrected chi connectivity index (χ0v) is 19.7. The second-order valence-electron chi connectivity index (χ2n) is 8.13. The molecule has 0 spiro atoms. The number of pyridine rings is 1. The minimum absolute atomic E-state index is 0.0476. The van der Waals surface area contributed by atoms with E-state index < -0.39 is 0 Å². The summed E-state index contributed by atoms with van der Waals surface area (Å²) in [5, 5.41) is 18.6. The third kappa shape index (κ3) is 5.32. The average molecular weight is 465 g/mol. The van der Waals surface area contributed by atoms with Gasteiger partial charge in [0.15, 0.2) is 0 Å². The van der Waals surface area contributed by atoms with Gasteiger partial charge in [-0.1, -0.05) is 0 Å². The van der Waals surface area contributed by atoms with Crippen molar-refractivity contribution in [1.82, 2.24) is 20.3 Å². The van der Waals surface area contributed by atoms with Crippen molar-refractivity contribution in [3.05, 3.63) is 53.3 Å². The molecule has 9 heteroatoms. The van der Waals surface area contributed by atoms with Crippen LogP contribution in [0.2, 0.25) is 0 Å². The first-order chi connectivity index (χ1) is 15.9. The summed E-state index contributed by atoms with van der Waals surface area (Å²) in [5.74, 6) is 0.558. The number of aromatic nitrogens is 3. The van der Waals surface area contributed by atoms with Crippen molar-refractivity contribution in [2.45, 2.75) is 33.2 Å². The summed E-state index contributed by atoms with van der Waals surface area (Å²) in [7, 11) is 0. The number of benzene rings is 1. The fourth-order valence-electron chi connectivity index (χ4n) is 3.56. The van der Waals surface area contributed by atoms with Crippen LogP contribution in [0.25, 0.3) is 21.5 Å². The van der Waals surface area contributed by atoms with E-state index in [2.05, 4.69) is 50.8 Å². The Morgan fingerprint density at radius 3 is 2.85 bits per heavy atom. The highest BCUT2D eigenvalue weighted by Crippen LogP contribution is 2.32. The minimum Gasteiger partial charge on any atom is -0.396 e. The molecule has 0 saturated carbocycles. The summed E-state index contributed by atoms with van der Waals surface area (Å²) < 4.78 is 1.11. The van der Waals surface area contributed by atoms with Crippen LogP contribution in [-0.4, -0.2) is 45.2 Å². The van der Waals surface area contributed by atoms with Gasteiger partial charge in [0.1, 0.15) is 5.82 Å². The molecule has 5 N–H and O–H groups in total. The molecule has 172 valence electrons. The lowest BCUT2D eigenvalue weighted by Crippen LogP contribution is -2.25. The predicted molar refractivity (Wildman–Crippen MR) is 134 cm³/mol. The number of aliphatic hydroxyl groups excluding tert-OH is 1. The number of anilines is 3. The van der Waals surface area contributed by atoms with Gasteiger partial charge in [-0.3, -0.25) is 4.79 Å². The summed E-state index contributed by atoms with van der Waals surface area (Å²) >= 11 is 1.60. The number of hydrogen-bond acceptors (Lipinski definition) is 7. The van der Waals surface area contributed by atoms with E-state index in [0.717, 1.165) is 44.4 Å². The molecule has 0 bridgehead atoms. The number of carbonyl (C=O) groups is 1. The molecule has 1 aromatic carbocycles. The van der Waals surface area contributed by atoms with Crippen molar-refractivity contribution in [2.75, 3.05) is 23.8 Å². The van der Waals surface area contributed by atoms with Crippen molar-refractivity contribution in [3.8, 4) is 11.3 Å². The fourth-order valence-corrected chi connectivity index (χ4v) is 4.28. The molecule has 0 unspecified atom stereocenters. The summed E-state index contributed by atoms with van der Waals surface area (Å²) in [6, 6.07) is 10.1. The van der Waals surface area contributed by atoms with E-state index in [9.17, 15) is 4.79 Å². The number of amides is 1. The van der Waals surface area contributed by atoms with Crippen molar-refractivity contribution < 1.29 is 9.90 Å². The molecule has 0 radical (unpaired) electrons. The highest BCUT2D eigenvalue weighted by molar-refractivity contribution is 7.16. The first kappa shape index (κ1) is 22.8. The van der Waals surface area contributed by atoms with Gasteiger partial charge in [-0.05, 0) is 51.5 Å². The van der Waals surface area contributed by atoms with Gasteiger partial charge in [-0.15, -0.1) is 11.3 Å². The Labute approximate surface area is 196 Å². The minimum atomic E-state index is -0.161. The summed E-state index contributed by atoms with van der Waals surface area (Å²) in [5.41, 5.74) is 7.73. The molecule has 0 aliphatic carbocycles. The fraction of sp³-hybridized carbons (Fsp3) is 0.292. The number of aromatic amines is 1. The maximum absolute atomic E-state index is 12.5. The molecule has 0 fully saturated rings. The number of carbonyl (C=O) groups excluding carboxylic acids is 1. The third-order valence-corrected chi connectivity index (χ3v) is 5.91. The van der Waals surface area contributed by atoms with Crippen LogP contribution in [-0.2, 0) is 0 Å². The monoisotopic (exact) mass is 464 g/mol. The Hall–Kier alpha value is -3.43. The average Bonchev–Trinajstić information content (AvgIpc) is 3.39. The number of thiazole rings is 1. The number of aryl methyl sites for hydroxylation is 1. The van der Waals surface area contributed by atoms with Crippen molar-refractivity contribution in [2.24, 2.45) is 0 Å². The zero-order chi connectivity index (χ0) is 23.4. The van der Waals surface area contributed by atoms with E-state index in [-0.39, 0.29) is 18.6 Å². The highest BCUT2D eigenvalue weighted by Gasteiger charge is 2.17. The smallest absolute Gasteiger partial charge is 0.253 e. The molecule has 4 aromatic rings. The summed E-state index contributed by atoms with van der Waals surface area (Å²) in [6.45, 7) is 6.51. The molecule has 33 heavy (non-hydrogen) atoms. The lowest BCUT2D eigenvalue weighted by atomic mass is 10.1. The maximum atomic E-state index is 12.5. The zero-order valence-electron chi connectivity index (χ0n) is 18.9. The number of fused-ring (bicyclic) bond motifs is 1. The largest absolute Gasteiger partial charge is 0.396 e. The van der Waals surface area contributed by atoms with Gasteiger partial charge in [0.25, 0.3) is 5.91 Å². The summed E-state index contributed by atoms with van der Waals surface area (Å²) in [6.07, 6.45) is 2.33. The molecule has 3 heterocycles. The van der Waals surface area contributed by atoms with Crippen LogP contribution in [0.1, 0.15) is 36.3 Å². The molecular weight excluding hydrogens is 436 g/mol. The number of nitrogens with one attached hydrogen (secondary N) is 4. The van der Waals surface area contributed by atoms with E-state index in [1.165, 1.54) is 0 Å². The Bertz CT molecular complexity index is 1260. The summed E-state index contributed by atoms with van der Waals surface area (Å²) in [4.78, 5) is 24.8. The lowest BCUT2D eigenvalue weighted by molar-refractivity contribution is 0.0950. The molecule has 0 aliphatic heterocycles. The number of rotatable bonds is 9.